The van der Waals surface area contributed by atoms with Crippen molar-refractivity contribution in [1.82, 2.24) is 30.2 Å². The minimum Gasteiger partial charge on any atom is -0.446 e. The van der Waals surface area contributed by atoms with Crippen molar-refractivity contribution in [3.63, 3.8) is 0 Å². The maximum absolute atomic E-state index is 14.5. The number of alkyl carbamates (subject to hydrolysis) is 1. The van der Waals surface area contributed by atoms with Gasteiger partial charge >= 0.3 is 6.09 Å². The zero-order valence-corrected chi connectivity index (χ0v) is 30.9. The number of aromatic nitrogens is 2. The highest BCUT2D eigenvalue weighted by atomic mass is 32.2. The molecule has 15 nitrogen and oxygen atoms in total. The number of carbonyl (C=O) groups excluding carboxylic acids is 4. The summed E-state index contributed by atoms with van der Waals surface area (Å²) in [5.74, 6) is -2.60. The van der Waals surface area contributed by atoms with Crippen molar-refractivity contribution in [1.29, 1.82) is 0 Å². The van der Waals surface area contributed by atoms with Gasteiger partial charge in [0.05, 0.1) is 11.8 Å². The molecule has 16 heteroatoms. The number of rotatable bonds is 11. The summed E-state index contributed by atoms with van der Waals surface area (Å²) in [4.78, 5) is 71.7. The van der Waals surface area contributed by atoms with E-state index in [1.54, 1.807) is 33.2 Å². The molecule has 2 aromatic heterocycles. The van der Waals surface area contributed by atoms with Crippen molar-refractivity contribution in [2.75, 3.05) is 6.54 Å². The average molecular weight is 748 g/mol. The number of ether oxygens (including phenoxy) is 1. The Balaban J connectivity index is 1.15. The number of nitrogens with one attached hydrogen (secondary N) is 3. The fraction of sp³-hybridized carbons (Fsp3) is 0.541. The van der Waals surface area contributed by atoms with Gasteiger partial charge in [-0.25, -0.2) is 13.2 Å². The Kier molecular flexibility index (Phi) is 9.53. The van der Waals surface area contributed by atoms with Gasteiger partial charge in [-0.05, 0) is 62.5 Å². The van der Waals surface area contributed by atoms with Crippen LogP contribution in [0, 0.1) is 11.3 Å². The second-order valence-corrected chi connectivity index (χ2v) is 17.6. The Labute approximate surface area is 308 Å². The molecule has 1 saturated heterocycles. The molecule has 4 aliphatic carbocycles. The number of pyridine rings is 2. The molecule has 53 heavy (non-hydrogen) atoms. The van der Waals surface area contributed by atoms with E-state index in [4.69, 9.17) is 9.57 Å². The van der Waals surface area contributed by atoms with Gasteiger partial charge in [-0.1, -0.05) is 44.1 Å². The number of sulfonamides is 1. The van der Waals surface area contributed by atoms with E-state index in [0.717, 1.165) is 36.8 Å². The molecule has 2 aromatic rings. The Morgan fingerprint density at radius 3 is 2.23 bits per heavy atom. The summed E-state index contributed by atoms with van der Waals surface area (Å²) in [7, 11) is -3.90. The first-order valence-electron chi connectivity index (χ1n) is 18.1. The van der Waals surface area contributed by atoms with Crippen LogP contribution in [0.4, 0.5) is 4.79 Å². The zero-order chi connectivity index (χ0) is 37.7. The number of fused-ring (bicyclic) bond motifs is 3. The second-order valence-electron chi connectivity index (χ2n) is 15.6. The average Bonchev–Trinajstić information content (AvgIpc) is 3.96. The van der Waals surface area contributed by atoms with Crippen LogP contribution in [0.2, 0.25) is 0 Å². The quantitative estimate of drug-likeness (QED) is 0.194. The lowest BCUT2D eigenvalue weighted by molar-refractivity contribution is -0.143. The molecule has 3 saturated carbocycles. The highest BCUT2D eigenvalue weighted by Gasteiger charge is 2.62. The third-order valence-electron chi connectivity index (χ3n) is 10.7. The van der Waals surface area contributed by atoms with E-state index >= 15 is 0 Å². The Morgan fingerprint density at radius 2 is 1.66 bits per heavy atom. The van der Waals surface area contributed by atoms with Crippen LogP contribution in [-0.4, -0.2) is 94.4 Å². The van der Waals surface area contributed by atoms with Gasteiger partial charge in [-0.15, -0.1) is 6.58 Å². The predicted octanol–water partition coefficient (Wildman–Crippen LogP) is 2.95. The van der Waals surface area contributed by atoms with Crippen LogP contribution >= 0.6 is 0 Å². The number of carbonyl (C=O) groups is 4. The lowest BCUT2D eigenvalue weighted by Crippen LogP contribution is -2.60. The topological polar surface area (TPSA) is 198 Å². The maximum atomic E-state index is 14.5. The Bertz CT molecular complexity index is 1920. The van der Waals surface area contributed by atoms with E-state index in [1.807, 2.05) is 24.3 Å². The van der Waals surface area contributed by atoms with Crippen molar-refractivity contribution < 1.29 is 37.2 Å². The van der Waals surface area contributed by atoms with Crippen molar-refractivity contribution in [2.24, 2.45) is 16.5 Å². The number of oxime groups is 1. The number of hydrogen-bond donors (Lipinski definition) is 3. The van der Waals surface area contributed by atoms with Crippen LogP contribution in [0.5, 0.6) is 0 Å². The predicted molar refractivity (Wildman–Crippen MR) is 192 cm³/mol. The van der Waals surface area contributed by atoms with Crippen LogP contribution in [0.1, 0.15) is 83.5 Å². The van der Waals surface area contributed by atoms with E-state index in [-0.39, 0.29) is 25.5 Å². The summed E-state index contributed by atoms with van der Waals surface area (Å²) >= 11 is 0. The molecule has 5 aliphatic rings. The molecule has 0 radical (unpaired) electrons. The van der Waals surface area contributed by atoms with Crippen LogP contribution in [0.15, 0.2) is 54.5 Å². The molecule has 282 valence electrons. The lowest BCUT2D eigenvalue weighted by atomic mass is 9.85. The van der Waals surface area contributed by atoms with E-state index < -0.39 is 74.1 Å². The van der Waals surface area contributed by atoms with Crippen molar-refractivity contribution >= 4 is 39.5 Å². The molecule has 0 unspecified atom stereocenters. The smallest absolute Gasteiger partial charge is 0.408 e. The van der Waals surface area contributed by atoms with E-state index in [0.29, 0.717) is 29.9 Å². The largest absolute Gasteiger partial charge is 0.446 e. The molecule has 4 amide bonds. The number of amides is 4. The van der Waals surface area contributed by atoms with Gasteiger partial charge in [0.25, 0.3) is 5.91 Å². The molecule has 3 heterocycles. The minimum absolute atomic E-state index is 0.0152. The van der Waals surface area contributed by atoms with Gasteiger partial charge in [-0.2, -0.15) is 0 Å². The van der Waals surface area contributed by atoms with Gasteiger partial charge in [-0.3, -0.25) is 29.1 Å². The second kappa shape index (κ2) is 13.8. The molecule has 5 atom stereocenters. The first-order chi connectivity index (χ1) is 25.2. The zero-order valence-electron chi connectivity index (χ0n) is 30.0. The third-order valence-corrected chi connectivity index (χ3v) is 12.5. The van der Waals surface area contributed by atoms with Crippen molar-refractivity contribution in [3.05, 3.63) is 60.7 Å². The molecule has 0 spiro atoms. The summed E-state index contributed by atoms with van der Waals surface area (Å²) in [6.45, 7) is 9.08. The number of likely N-dealkylation sites (tertiary alicyclic amines) is 1. The third kappa shape index (κ3) is 7.25. The Morgan fingerprint density at radius 1 is 1.02 bits per heavy atom. The van der Waals surface area contributed by atoms with Gasteiger partial charge in [0.1, 0.15) is 41.2 Å². The fourth-order valence-electron chi connectivity index (χ4n) is 7.46. The fourth-order valence-corrected chi connectivity index (χ4v) is 8.82. The number of nitrogens with zero attached hydrogens (tertiary/aromatic N) is 4. The highest BCUT2D eigenvalue weighted by Crippen LogP contribution is 2.45. The molecule has 0 aromatic carbocycles. The maximum Gasteiger partial charge on any atom is 0.408 e. The van der Waals surface area contributed by atoms with Crippen molar-refractivity contribution in [3.8, 4) is 11.1 Å². The number of hydrogen-bond acceptors (Lipinski definition) is 11. The van der Waals surface area contributed by atoms with Crippen molar-refractivity contribution in [2.45, 2.75) is 107 Å². The summed E-state index contributed by atoms with van der Waals surface area (Å²) in [5, 5.41) is 9.36. The summed E-state index contributed by atoms with van der Waals surface area (Å²) < 4.78 is 33.2. The molecule has 7 rings (SSSR count). The standard InChI is InChI=1S/C37H45N7O8S/c1-5-21-19-37(21,34(47)43-53(49,50)24-14-15-24)41-32(45)27-18-23(52-42-30-28-25(12-8-16-38-28)26-13-9-17-39-29(26)30)20-44(27)33(46)31(36(2,3)4)40-35(48)51-22-10-6-7-11-22/h5,8-9,12-13,16-17,21-24,27,31H,1,6-7,10-11,14-15,18-20H2,2-4H3,(H,40,48)(H,41,45)(H,43,47)/t21-,23-,27+,31-,37+/m1/s1. The molecule has 1 aliphatic heterocycles. The molecular formula is C37H45N7O8S. The summed E-state index contributed by atoms with van der Waals surface area (Å²) in [6.07, 6.45) is 7.49. The minimum atomic E-state index is -3.90. The van der Waals surface area contributed by atoms with E-state index in [2.05, 4.69) is 37.1 Å². The van der Waals surface area contributed by atoms with Crippen LogP contribution in [0.3, 0.4) is 0 Å². The van der Waals surface area contributed by atoms with Gasteiger partial charge in [0.15, 0.2) is 5.71 Å². The van der Waals surface area contributed by atoms with Gasteiger partial charge in [0.2, 0.25) is 21.8 Å². The Hall–Kier alpha value is -4.86. The van der Waals surface area contributed by atoms with E-state index in [9.17, 15) is 27.6 Å². The van der Waals surface area contributed by atoms with Crippen LogP contribution < -0.4 is 15.4 Å². The molecule has 0 bridgehead atoms. The summed E-state index contributed by atoms with van der Waals surface area (Å²) in [5.41, 5.74) is 0.894. The van der Waals surface area contributed by atoms with Gasteiger partial charge < -0.3 is 25.1 Å². The summed E-state index contributed by atoms with van der Waals surface area (Å²) in [6, 6.07) is 5.20. The SMILES string of the molecule is C=C[C@@H]1C[C@@]1(NC(=O)[C@@H]1C[C@@H](ON=C2c3ncccc3-c3cccnc32)CN1C(=O)[C@@H](NC(=O)OC1CCCC1)C(C)(C)C)C(=O)NS(=O)(=O)C1CC1. The normalized spacial score (nSPS) is 25.5. The van der Waals surface area contributed by atoms with Crippen LogP contribution in [-0.2, 0) is 34.0 Å². The molecular weight excluding hydrogens is 703 g/mol. The first-order valence-corrected chi connectivity index (χ1v) is 19.7. The van der Waals surface area contributed by atoms with Gasteiger partial charge in [0, 0.05) is 35.9 Å². The monoisotopic (exact) mass is 747 g/mol. The molecule has 4 fully saturated rings. The van der Waals surface area contributed by atoms with E-state index in [1.165, 1.54) is 11.0 Å². The highest BCUT2D eigenvalue weighted by molar-refractivity contribution is 7.91. The first kappa shape index (κ1) is 36.5. The van der Waals surface area contributed by atoms with Crippen LogP contribution in [0.25, 0.3) is 11.1 Å². The lowest BCUT2D eigenvalue weighted by Gasteiger charge is -2.35. The molecule has 3 N–H and O–H groups in total.